The Morgan fingerprint density at radius 2 is 1.95 bits per heavy atom. The molecule has 0 aromatic carbocycles. The van der Waals surface area contributed by atoms with Crippen molar-refractivity contribution in [2.75, 3.05) is 6.54 Å². The van der Waals surface area contributed by atoms with Gasteiger partial charge in [0.2, 0.25) is 0 Å². The third-order valence-corrected chi connectivity index (χ3v) is 3.61. The molecule has 2 amide bonds. The molecule has 1 fully saturated rings. The summed E-state index contributed by atoms with van der Waals surface area (Å²) in [7, 11) is 0. The molecule has 0 aromatic heterocycles. The summed E-state index contributed by atoms with van der Waals surface area (Å²) < 4.78 is 0. The van der Waals surface area contributed by atoms with E-state index < -0.39 is 11.5 Å². The van der Waals surface area contributed by atoms with Gasteiger partial charge in [0.1, 0.15) is 0 Å². The number of aliphatic carboxylic acids is 1. The van der Waals surface area contributed by atoms with Gasteiger partial charge < -0.3 is 15.3 Å². The molecule has 1 saturated carbocycles. The van der Waals surface area contributed by atoms with E-state index in [4.69, 9.17) is 5.11 Å². The van der Waals surface area contributed by atoms with Gasteiger partial charge in [0.15, 0.2) is 0 Å². The number of hydrogen-bond acceptors (Lipinski definition) is 2. The fraction of sp³-hybridized carbons (Fsp3) is 0.867. The summed E-state index contributed by atoms with van der Waals surface area (Å²) in [5, 5.41) is 11.7. The van der Waals surface area contributed by atoms with Gasteiger partial charge in [0.25, 0.3) is 0 Å². The van der Waals surface area contributed by atoms with Crippen molar-refractivity contribution in [3.05, 3.63) is 0 Å². The van der Waals surface area contributed by atoms with E-state index >= 15 is 0 Å². The number of hydrogen-bond donors (Lipinski definition) is 2. The third kappa shape index (κ3) is 6.26. The van der Waals surface area contributed by atoms with Crippen LogP contribution >= 0.6 is 0 Å². The van der Waals surface area contributed by atoms with Crippen molar-refractivity contribution in [2.45, 2.75) is 71.4 Å². The van der Waals surface area contributed by atoms with Gasteiger partial charge in [0, 0.05) is 24.5 Å². The maximum Gasteiger partial charge on any atom is 0.318 e. The molecule has 20 heavy (non-hydrogen) atoms. The van der Waals surface area contributed by atoms with Crippen LogP contribution in [0.1, 0.15) is 59.8 Å². The van der Waals surface area contributed by atoms with Crippen molar-refractivity contribution in [3.63, 3.8) is 0 Å². The first-order valence-corrected chi connectivity index (χ1v) is 7.52. The highest BCUT2D eigenvalue weighted by atomic mass is 16.4. The highest BCUT2D eigenvalue weighted by molar-refractivity contribution is 5.76. The molecule has 0 heterocycles. The Hall–Kier alpha value is -1.26. The first-order valence-electron chi connectivity index (χ1n) is 7.52. The van der Waals surface area contributed by atoms with Crippen LogP contribution in [-0.2, 0) is 4.79 Å². The lowest BCUT2D eigenvalue weighted by Gasteiger charge is -2.31. The Morgan fingerprint density at radius 3 is 2.40 bits per heavy atom. The number of carboxylic acid groups (broad SMARTS) is 1. The molecule has 1 aliphatic rings. The van der Waals surface area contributed by atoms with Gasteiger partial charge in [-0.2, -0.15) is 0 Å². The van der Waals surface area contributed by atoms with Crippen LogP contribution in [0, 0.1) is 5.92 Å². The summed E-state index contributed by atoms with van der Waals surface area (Å²) in [4.78, 5) is 24.9. The third-order valence-electron chi connectivity index (χ3n) is 3.61. The van der Waals surface area contributed by atoms with Gasteiger partial charge >= 0.3 is 12.0 Å². The second kappa shape index (κ2) is 6.95. The fourth-order valence-electron chi connectivity index (χ4n) is 2.08. The van der Waals surface area contributed by atoms with E-state index in [1.807, 2.05) is 18.7 Å². The molecular formula is C15H28N2O3. The van der Waals surface area contributed by atoms with Crippen LogP contribution in [0.3, 0.4) is 0 Å². The van der Waals surface area contributed by atoms with Crippen molar-refractivity contribution in [2.24, 2.45) is 5.92 Å². The summed E-state index contributed by atoms with van der Waals surface area (Å²) in [6, 6.07) is 0.326. The standard InChI is InChI=1S/C15H28N2O3/c1-11(2)8-10-17(12-5-6-12)14(20)16-15(3,4)9-7-13(18)19/h11-12H,5-10H2,1-4H3,(H,16,20)(H,18,19). The molecule has 1 rings (SSSR count). The molecule has 116 valence electrons. The minimum atomic E-state index is -0.828. The fourth-order valence-corrected chi connectivity index (χ4v) is 2.08. The smallest absolute Gasteiger partial charge is 0.318 e. The second-order valence-electron chi connectivity index (χ2n) is 6.81. The van der Waals surface area contributed by atoms with Crippen LogP contribution in [0.15, 0.2) is 0 Å². The summed E-state index contributed by atoms with van der Waals surface area (Å²) in [5.41, 5.74) is -0.486. The predicted octanol–water partition coefficient (Wildman–Crippen LogP) is 2.85. The van der Waals surface area contributed by atoms with E-state index in [-0.39, 0.29) is 12.5 Å². The first-order chi connectivity index (χ1) is 9.21. The number of urea groups is 1. The van der Waals surface area contributed by atoms with Crippen LogP contribution in [-0.4, -0.2) is 40.1 Å². The first kappa shape index (κ1) is 16.8. The van der Waals surface area contributed by atoms with Crippen LogP contribution in [0.4, 0.5) is 4.79 Å². The minimum absolute atomic E-state index is 0.0523. The number of nitrogens with one attached hydrogen (secondary N) is 1. The Bertz CT molecular complexity index is 349. The molecule has 0 bridgehead atoms. The van der Waals surface area contributed by atoms with Crippen LogP contribution in [0.2, 0.25) is 0 Å². The monoisotopic (exact) mass is 284 g/mol. The predicted molar refractivity (Wildman–Crippen MR) is 78.7 cm³/mol. The van der Waals surface area contributed by atoms with E-state index in [1.54, 1.807) is 0 Å². The molecule has 5 nitrogen and oxygen atoms in total. The molecule has 0 aromatic rings. The van der Waals surface area contributed by atoms with Crippen molar-refractivity contribution < 1.29 is 14.7 Å². The second-order valence-corrected chi connectivity index (χ2v) is 6.81. The average Bonchev–Trinajstić information content (AvgIpc) is 3.10. The van der Waals surface area contributed by atoms with Gasteiger partial charge in [-0.15, -0.1) is 0 Å². The Morgan fingerprint density at radius 1 is 1.35 bits per heavy atom. The van der Waals surface area contributed by atoms with E-state index in [9.17, 15) is 9.59 Å². The van der Waals surface area contributed by atoms with Crippen molar-refractivity contribution >= 4 is 12.0 Å². The molecule has 5 heteroatoms. The van der Waals surface area contributed by atoms with E-state index in [0.29, 0.717) is 18.4 Å². The topological polar surface area (TPSA) is 69.6 Å². The number of carbonyl (C=O) groups is 2. The highest BCUT2D eigenvalue weighted by Crippen LogP contribution is 2.28. The normalized spacial score (nSPS) is 15.2. The van der Waals surface area contributed by atoms with Gasteiger partial charge in [-0.25, -0.2) is 4.79 Å². The lowest BCUT2D eigenvalue weighted by atomic mass is 9.98. The molecule has 1 aliphatic carbocycles. The Labute approximate surface area is 121 Å². The van der Waals surface area contributed by atoms with Gasteiger partial charge in [-0.3, -0.25) is 4.79 Å². The van der Waals surface area contributed by atoms with Gasteiger partial charge in [0.05, 0.1) is 0 Å². The zero-order chi connectivity index (χ0) is 15.3. The summed E-state index contributed by atoms with van der Waals surface area (Å²) >= 11 is 0. The number of carbonyl (C=O) groups excluding carboxylic acids is 1. The molecule has 0 saturated heterocycles. The quantitative estimate of drug-likeness (QED) is 0.720. The molecule has 0 radical (unpaired) electrons. The average molecular weight is 284 g/mol. The van der Waals surface area contributed by atoms with Gasteiger partial charge in [-0.1, -0.05) is 13.8 Å². The van der Waals surface area contributed by atoms with Crippen LogP contribution in [0.5, 0.6) is 0 Å². The number of carboxylic acids is 1. The Balaban J connectivity index is 2.50. The maximum atomic E-state index is 12.4. The summed E-state index contributed by atoms with van der Waals surface area (Å²) in [6.45, 7) is 8.84. The zero-order valence-corrected chi connectivity index (χ0v) is 13.1. The van der Waals surface area contributed by atoms with Crippen molar-refractivity contribution in [1.82, 2.24) is 10.2 Å². The molecule has 0 unspecified atom stereocenters. The van der Waals surface area contributed by atoms with E-state index in [0.717, 1.165) is 25.8 Å². The minimum Gasteiger partial charge on any atom is -0.481 e. The number of rotatable bonds is 8. The molecule has 0 spiro atoms. The van der Waals surface area contributed by atoms with E-state index in [2.05, 4.69) is 19.2 Å². The van der Waals surface area contributed by atoms with Crippen molar-refractivity contribution in [1.29, 1.82) is 0 Å². The molecule has 0 aliphatic heterocycles. The van der Waals surface area contributed by atoms with Crippen LogP contribution < -0.4 is 5.32 Å². The highest BCUT2D eigenvalue weighted by Gasteiger charge is 2.34. The number of amides is 2. The van der Waals surface area contributed by atoms with Crippen LogP contribution in [0.25, 0.3) is 0 Å². The Kier molecular flexibility index (Phi) is 5.84. The largest absolute Gasteiger partial charge is 0.481 e. The van der Waals surface area contributed by atoms with Gasteiger partial charge in [-0.05, 0) is 45.4 Å². The number of nitrogens with zero attached hydrogens (tertiary/aromatic N) is 1. The van der Waals surface area contributed by atoms with E-state index in [1.165, 1.54) is 0 Å². The summed E-state index contributed by atoms with van der Waals surface area (Å²) in [5.74, 6) is -0.254. The SMILES string of the molecule is CC(C)CCN(C(=O)NC(C)(C)CCC(=O)O)C1CC1. The molecule has 2 N–H and O–H groups in total. The lowest BCUT2D eigenvalue weighted by Crippen LogP contribution is -2.51. The lowest BCUT2D eigenvalue weighted by molar-refractivity contribution is -0.137. The summed E-state index contributed by atoms with van der Waals surface area (Å²) in [6.07, 6.45) is 3.68. The zero-order valence-electron chi connectivity index (χ0n) is 13.1. The molecular weight excluding hydrogens is 256 g/mol. The maximum absolute atomic E-state index is 12.4. The van der Waals surface area contributed by atoms with Crippen molar-refractivity contribution in [3.8, 4) is 0 Å². The molecule has 0 atom stereocenters.